The lowest BCUT2D eigenvalue weighted by Gasteiger charge is -2.16. The molecular weight excluding hydrogens is 254 g/mol. The lowest BCUT2D eigenvalue weighted by Crippen LogP contribution is -2.08. The highest BCUT2D eigenvalue weighted by Gasteiger charge is 2.46. The predicted octanol–water partition coefficient (Wildman–Crippen LogP) is 2.82. The standard InChI is InChI=1S/C13H14ClNO3/c1-17-7-9-5-12(18-2)11(14)6-10(9)13(3-4-13)15-8-16/h5-6H,3-4,7H2,1-2H3. The number of methoxy groups -OCH3 is 2. The average Bonchev–Trinajstić information content (AvgIpc) is 3.12. The number of carbonyl (C=O) groups excluding carboxylic acids is 1. The van der Waals surface area contributed by atoms with E-state index >= 15 is 0 Å². The van der Waals surface area contributed by atoms with Gasteiger partial charge in [0.1, 0.15) is 5.75 Å². The zero-order valence-corrected chi connectivity index (χ0v) is 11.1. The van der Waals surface area contributed by atoms with Crippen LogP contribution in [0.5, 0.6) is 5.75 Å². The summed E-state index contributed by atoms with van der Waals surface area (Å²) in [5.74, 6) is 0.596. The molecule has 0 heterocycles. The van der Waals surface area contributed by atoms with Gasteiger partial charge in [0.15, 0.2) is 0 Å². The van der Waals surface area contributed by atoms with Crippen LogP contribution in [0.15, 0.2) is 17.1 Å². The van der Waals surface area contributed by atoms with E-state index in [2.05, 4.69) is 4.99 Å². The fourth-order valence-electron chi connectivity index (χ4n) is 2.11. The number of hydrogen-bond donors (Lipinski definition) is 0. The SMILES string of the molecule is COCc1cc(OC)c(Cl)cc1C1(N=C=O)CC1. The van der Waals surface area contributed by atoms with E-state index < -0.39 is 5.54 Å². The molecule has 0 radical (unpaired) electrons. The molecule has 0 atom stereocenters. The molecule has 0 amide bonds. The quantitative estimate of drug-likeness (QED) is 0.609. The van der Waals surface area contributed by atoms with E-state index in [9.17, 15) is 4.79 Å². The van der Waals surface area contributed by atoms with Gasteiger partial charge in [0.2, 0.25) is 6.08 Å². The van der Waals surface area contributed by atoms with Crippen molar-refractivity contribution in [3.05, 3.63) is 28.3 Å². The van der Waals surface area contributed by atoms with Crippen LogP contribution in [0.1, 0.15) is 24.0 Å². The average molecular weight is 268 g/mol. The van der Waals surface area contributed by atoms with Gasteiger partial charge >= 0.3 is 0 Å². The Hall–Kier alpha value is -1.35. The van der Waals surface area contributed by atoms with Crippen molar-refractivity contribution in [2.45, 2.75) is 25.0 Å². The summed E-state index contributed by atoms with van der Waals surface area (Å²) in [5, 5.41) is 0.514. The van der Waals surface area contributed by atoms with Gasteiger partial charge in [-0.1, -0.05) is 11.6 Å². The zero-order chi connectivity index (χ0) is 13.2. The normalized spacial score (nSPS) is 15.9. The van der Waals surface area contributed by atoms with Crippen LogP contribution in [0.2, 0.25) is 5.02 Å². The fourth-order valence-corrected chi connectivity index (χ4v) is 2.35. The van der Waals surface area contributed by atoms with Gasteiger partial charge in [0, 0.05) is 7.11 Å². The monoisotopic (exact) mass is 267 g/mol. The molecule has 1 fully saturated rings. The fraction of sp³-hybridized carbons (Fsp3) is 0.462. The van der Waals surface area contributed by atoms with E-state index in [0.29, 0.717) is 17.4 Å². The summed E-state index contributed by atoms with van der Waals surface area (Å²) in [7, 11) is 3.18. The van der Waals surface area contributed by atoms with Gasteiger partial charge in [-0.3, -0.25) is 0 Å². The number of nitrogens with zero attached hydrogens (tertiary/aromatic N) is 1. The second kappa shape index (κ2) is 5.11. The van der Waals surface area contributed by atoms with Crippen LogP contribution >= 0.6 is 11.6 Å². The van der Waals surface area contributed by atoms with Gasteiger partial charge in [0.25, 0.3) is 0 Å². The third kappa shape index (κ3) is 2.27. The summed E-state index contributed by atoms with van der Waals surface area (Å²) in [4.78, 5) is 14.4. The van der Waals surface area contributed by atoms with E-state index in [4.69, 9.17) is 21.1 Å². The highest BCUT2D eigenvalue weighted by molar-refractivity contribution is 6.32. The molecule has 0 N–H and O–H groups in total. The number of ether oxygens (including phenoxy) is 2. The number of aliphatic imine (C=N–C) groups is 1. The van der Waals surface area contributed by atoms with Crippen molar-refractivity contribution in [2.24, 2.45) is 4.99 Å². The Morgan fingerprint density at radius 3 is 2.67 bits per heavy atom. The molecule has 96 valence electrons. The molecule has 1 aromatic rings. The van der Waals surface area contributed by atoms with Crippen molar-refractivity contribution < 1.29 is 14.3 Å². The second-order valence-electron chi connectivity index (χ2n) is 4.31. The van der Waals surface area contributed by atoms with Crippen molar-refractivity contribution in [3.63, 3.8) is 0 Å². The van der Waals surface area contributed by atoms with Gasteiger partial charge in [-0.05, 0) is 36.1 Å². The van der Waals surface area contributed by atoms with Crippen LogP contribution in [0, 0.1) is 0 Å². The van der Waals surface area contributed by atoms with Crippen LogP contribution < -0.4 is 4.74 Å². The molecule has 5 heteroatoms. The zero-order valence-electron chi connectivity index (χ0n) is 10.3. The first-order chi connectivity index (χ1) is 8.66. The maximum absolute atomic E-state index is 10.5. The number of hydrogen-bond acceptors (Lipinski definition) is 4. The van der Waals surface area contributed by atoms with Gasteiger partial charge in [0.05, 0.1) is 24.3 Å². The molecule has 1 aliphatic rings. The highest BCUT2D eigenvalue weighted by Crippen LogP contribution is 2.51. The third-order valence-electron chi connectivity index (χ3n) is 3.16. The molecule has 1 aromatic carbocycles. The second-order valence-corrected chi connectivity index (χ2v) is 4.72. The number of isocyanates is 1. The first kappa shape index (κ1) is 13.1. The Bertz CT molecular complexity index is 505. The molecule has 0 saturated heterocycles. The summed E-state index contributed by atoms with van der Waals surface area (Å²) >= 11 is 6.13. The minimum absolute atomic E-state index is 0.430. The number of rotatable bonds is 5. The molecule has 18 heavy (non-hydrogen) atoms. The van der Waals surface area contributed by atoms with Gasteiger partial charge in [-0.2, -0.15) is 4.99 Å². The Morgan fingerprint density at radius 1 is 1.44 bits per heavy atom. The maximum atomic E-state index is 10.5. The van der Waals surface area contributed by atoms with Crippen LogP contribution in [0.25, 0.3) is 0 Å². The Balaban J connectivity index is 2.51. The third-order valence-corrected chi connectivity index (χ3v) is 3.46. The maximum Gasteiger partial charge on any atom is 0.235 e. The molecule has 1 aliphatic carbocycles. The number of benzene rings is 1. The van der Waals surface area contributed by atoms with Gasteiger partial charge < -0.3 is 9.47 Å². The summed E-state index contributed by atoms with van der Waals surface area (Å²) in [6.07, 6.45) is 3.32. The highest BCUT2D eigenvalue weighted by atomic mass is 35.5. The molecular formula is C13H14ClNO3. The molecule has 4 nitrogen and oxygen atoms in total. The summed E-state index contributed by atoms with van der Waals surface area (Å²) in [6, 6.07) is 3.64. The van der Waals surface area contributed by atoms with E-state index in [0.717, 1.165) is 24.0 Å². The van der Waals surface area contributed by atoms with Crippen molar-refractivity contribution in [1.82, 2.24) is 0 Å². The lowest BCUT2D eigenvalue weighted by atomic mass is 9.98. The van der Waals surface area contributed by atoms with E-state index in [1.54, 1.807) is 20.3 Å². The summed E-state index contributed by atoms with van der Waals surface area (Å²) < 4.78 is 10.4. The lowest BCUT2D eigenvalue weighted by molar-refractivity contribution is 0.183. The van der Waals surface area contributed by atoms with Crippen LogP contribution in [0.4, 0.5) is 0 Å². The van der Waals surface area contributed by atoms with Crippen LogP contribution in [-0.4, -0.2) is 20.3 Å². The van der Waals surface area contributed by atoms with Gasteiger partial charge in [-0.15, -0.1) is 0 Å². The molecule has 2 rings (SSSR count). The molecule has 0 spiro atoms. The Kier molecular flexibility index (Phi) is 3.71. The van der Waals surface area contributed by atoms with E-state index in [-0.39, 0.29) is 0 Å². The summed E-state index contributed by atoms with van der Waals surface area (Å²) in [5.41, 5.74) is 1.42. The van der Waals surface area contributed by atoms with Gasteiger partial charge in [-0.25, -0.2) is 4.79 Å². The minimum atomic E-state index is -0.453. The van der Waals surface area contributed by atoms with Crippen molar-refractivity contribution >= 4 is 17.7 Å². The largest absolute Gasteiger partial charge is 0.495 e. The van der Waals surface area contributed by atoms with Crippen molar-refractivity contribution in [3.8, 4) is 5.75 Å². The van der Waals surface area contributed by atoms with E-state index in [1.807, 2.05) is 12.1 Å². The van der Waals surface area contributed by atoms with Crippen molar-refractivity contribution in [2.75, 3.05) is 14.2 Å². The minimum Gasteiger partial charge on any atom is -0.495 e. The summed E-state index contributed by atoms with van der Waals surface area (Å²) in [6.45, 7) is 0.430. The Morgan fingerprint density at radius 2 is 2.17 bits per heavy atom. The van der Waals surface area contributed by atoms with Crippen LogP contribution in [-0.2, 0) is 21.7 Å². The predicted molar refractivity (Wildman–Crippen MR) is 67.8 cm³/mol. The molecule has 0 aliphatic heterocycles. The smallest absolute Gasteiger partial charge is 0.235 e. The first-order valence-corrected chi connectivity index (χ1v) is 5.99. The van der Waals surface area contributed by atoms with Crippen LogP contribution in [0.3, 0.4) is 0 Å². The molecule has 0 bridgehead atoms. The molecule has 1 saturated carbocycles. The first-order valence-electron chi connectivity index (χ1n) is 5.61. The number of halogens is 1. The molecule has 0 unspecified atom stereocenters. The molecule has 0 aromatic heterocycles. The van der Waals surface area contributed by atoms with E-state index in [1.165, 1.54) is 0 Å². The topological polar surface area (TPSA) is 47.9 Å². The van der Waals surface area contributed by atoms with Crippen molar-refractivity contribution in [1.29, 1.82) is 0 Å². The Labute approximate surface area is 111 Å².